The van der Waals surface area contributed by atoms with Crippen LogP contribution in [-0.4, -0.2) is 34.2 Å². The third-order valence-corrected chi connectivity index (χ3v) is 4.40. The lowest BCUT2D eigenvalue weighted by atomic mass is 10.2. The summed E-state index contributed by atoms with van der Waals surface area (Å²) >= 11 is 5.88. The highest BCUT2D eigenvalue weighted by Crippen LogP contribution is 2.24. The number of hydrogen-bond donors (Lipinski definition) is 2. The summed E-state index contributed by atoms with van der Waals surface area (Å²) in [7, 11) is 0. The van der Waals surface area contributed by atoms with Gasteiger partial charge in [0.15, 0.2) is 0 Å². The smallest absolute Gasteiger partial charge is 0.322 e. The molecule has 0 aliphatic rings. The van der Waals surface area contributed by atoms with Crippen molar-refractivity contribution < 1.29 is 14.6 Å². The van der Waals surface area contributed by atoms with Gasteiger partial charge in [0, 0.05) is 42.8 Å². The number of hydrogen-bond acceptors (Lipinski definition) is 4. The Labute approximate surface area is 174 Å². The molecular weight excluding hydrogens is 390 g/mol. The van der Waals surface area contributed by atoms with Gasteiger partial charge in [0.25, 0.3) is 0 Å². The predicted octanol–water partition coefficient (Wildman–Crippen LogP) is 4.94. The SMILES string of the molecule is O=C(Nc1ccc(Oc2ccc(Cl)cc2)cc1)N(CCCO)Cc1ccncc1. The Bertz CT molecular complexity index is 903. The molecule has 0 radical (unpaired) electrons. The lowest BCUT2D eigenvalue weighted by molar-refractivity contribution is 0.199. The van der Waals surface area contributed by atoms with Gasteiger partial charge in [-0.25, -0.2) is 4.79 Å². The predicted molar refractivity (Wildman–Crippen MR) is 113 cm³/mol. The average molecular weight is 412 g/mol. The lowest BCUT2D eigenvalue weighted by Crippen LogP contribution is -2.35. The summed E-state index contributed by atoms with van der Waals surface area (Å²) in [6.07, 6.45) is 3.89. The molecule has 0 aliphatic carbocycles. The maximum atomic E-state index is 12.7. The van der Waals surface area contributed by atoms with Crippen LogP contribution >= 0.6 is 11.6 Å². The van der Waals surface area contributed by atoms with Crippen molar-refractivity contribution in [3.63, 3.8) is 0 Å². The molecule has 3 rings (SSSR count). The summed E-state index contributed by atoms with van der Waals surface area (Å²) in [6, 6.07) is 17.7. The van der Waals surface area contributed by atoms with Crippen LogP contribution in [0.15, 0.2) is 73.1 Å². The zero-order chi connectivity index (χ0) is 20.5. The minimum Gasteiger partial charge on any atom is -0.457 e. The molecule has 0 spiro atoms. The summed E-state index contributed by atoms with van der Waals surface area (Å²) < 4.78 is 5.76. The number of anilines is 1. The van der Waals surface area contributed by atoms with E-state index in [4.69, 9.17) is 21.4 Å². The summed E-state index contributed by atoms with van der Waals surface area (Å²) in [6.45, 7) is 0.908. The first-order valence-corrected chi connectivity index (χ1v) is 9.61. The summed E-state index contributed by atoms with van der Waals surface area (Å²) in [5.74, 6) is 1.33. The standard InChI is InChI=1S/C22H22ClN3O3/c23-18-2-6-20(7-3-18)29-21-8-4-19(5-9-21)25-22(28)26(14-1-15-27)16-17-10-12-24-13-11-17/h2-13,27H,1,14-16H2,(H,25,28). The first-order valence-electron chi connectivity index (χ1n) is 9.23. The number of benzene rings is 2. The minimum atomic E-state index is -0.235. The summed E-state index contributed by atoms with van der Waals surface area (Å²) in [4.78, 5) is 18.4. The van der Waals surface area contributed by atoms with Gasteiger partial charge in [-0.15, -0.1) is 0 Å². The zero-order valence-corrected chi connectivity index (χ0v) is 16.5. The van der Waals surface area contributed by atoms with E-state index in [0.29, 0.717) is 41.7 Å². The number of aliphatic hydroxyl groups excluding tert-OH is 1. The number of halogens is 1. The molecule has 0 bridgehead atoms. The van der Waals surface area contributed by atoms with Crippen LogP contribution in [0.1, 0.15) is 12.0 Å². The number of aliphatic hydroxyl groups is 1. The number of ether oxygens (including phenoxy) is 1. The highest BCUT2D eigenvalue weighted by molar-refractivity contribution is 6.30. The highest BCUT2D eigenvalue weighted by Gasteiger charge is 2.14. The molecule has 0 saturated carbocycles. The summed E-state index contributed by atoms with van der Waals surface area (Å²) in [5.41, 5.74) is 1.63. The second-order valence-corrected chi connectivity index (χ2v) is 6.80. The number of rotatable bonds is 8. The molecule has 0 saturated heterocycles. The number of pyridine rings is 1. The van der Waals surface area contributed by atoms with E-state index in [-0.39, 0.29) is 12.6 Å². The molecule has 2 amide bonds. The second kappa shape index (κ2) is 10.5. The van der Waals surface area contributed by atoms with Crippen LogP contribution in [0.25, 0.3) is 0 Å². The van der Waals surface area contributed by atoms with Crippen LogP contribution in [0, 0.1) is 0 Å². The Morgan fingerprint density at radius 2 is 1.62 bits per heavy atom. The third-order valence-electron chi connectivity index (χ3n) is 4.15. The molecule has 0 atom stereocenters. The minimum absolute atomic E-state index is 0.0247. The van der Waals surface area contributed by atoms with E-state index in [1.165, 1.54) is 0 Å². The van der Waals surface area contributed by atoms with Crippen molar-refractivity contribution in [1.82, 2.24) is 9.88 Å². The van der Waals surface area contributed by atoms with Crippen LogP contribution in [0.5, 0.6) is 11.5 Å². The van der Waals surface area contributed by atoms with Gasteiger partial charge in [0.1, 0.15) is 11.5 Å². The fourth-order valence-corrected chi connectivity index (χ4v) is 2.80. The normalized spacial score (nSPS) is 10.4. The van der Waals surface area contributed by atoms with Gasteiger partial charge in [-0.1, -0.05) is 11.6 Å². The molecule has 29 heavy (non-hydrogen) atoms. The van der Waals surface area contributed by atoms with Gasteiger partial charge in [-0.2, -0.15) is 0 Å². The number of urea groups is 1. The Balaban J connectivity index is 1.61. The topological polar surface area (TPSA) is 74.7 Å². The molecule has 2 aromatic carbocycles. The van der Waals surface area contributed by atoms with Crippen molar-refractivity contribution in [2.75, 3.05) is 18.5 Å². The van der Waals surface area contributed by atoms with Crippen molar-refractivity contribution in [3.8, 4) is 11.5 Å². The Morgan fingerprint density at radius 1 is 1.00 bits per heavy atom. The van der Waals surface area contributed by atoms with Crippen molar-refractivity contribution in [2.45, 2.75) is 13.0 Å². The number of nitrogens with one attached hydrogen (secondary N) is 1. The van der Waals surface area contributed by atoms with E-state index in [9.17, 15) is 4.79 Å². The van der Waals surface area contributed by atoms with Crippen LogP contribution < -0.4 is 10.1 Å². The zero-order valence-electron chi connectivity index (χ0n) is 15.8. The Morgan fingerprint density at radius 3 is 2.24 bits per heavy atom. The molecule has 3 aromatic rings. The monoisotopic (exact) mass is 411 g/mol. The van der Waals surface area contributed by atoms with Crippen LogP contribution in [0.3, 0.4) is 0 Å². The molecule has 6 nitrogen and oxygen atoms in total. The van der Waals surface area contributed by atoms with Gasteiger partial charge in [-0.05, 0) is 72.6 Å². The molecule has 1 heterocycles. The van der Waals surface area contributed by atoms with Gasteiger partial charge >= 0.3 is 6.03 Å². The highest BCUT2D eigenvalue weighted by atomic mass is 35.5. The van der Waals surface area contributed by atoms with E-state index >= 15 is 0 Å². The molecule has 0 fully saturated rings. The van der Waals surface area contributed by atoms with E-state index in [1.807, 2.05) is 12.1 Å². The van der Waals surface area contributed by atoms with Crippen LogP contribution in [-0.2, 0) is 6.54 Å². The van der Waals surface area contributed by atoms with Gasteiger partial charge in [-0.3, -0.25) is 4.98 Å². The van der Waals surface area contributed by atoms with Crippen molar-refractivity contribution in [1.29, 1.82) is 0 Å². The number of carbonyl (C=O) groups is 1. The largest absolute Gasteiger partial charge is 0.457 e. The number of aromatic nitrogens is 1. The number of amides is 2. The molecular formula is C22H22ClN3O3. The van der Waals surface area contributed by atoms with Crippen LogP contribution in [0.2, 0.25) is 5.02 Å². The van der Waals surface area contributed by atoms with Gasteiger partial charge in [0.2, 0.25) is 0 Å². The van der Waals surface area contributed by atoms with Gasteiger partial charge in [0.05, 0.1) is 0 Å². The molecule has 2 N–H and O–H groups in total. The average Bonchev–Trinajstić information content (AvgIpc) is 2.75. The first kappa shape index (κ1) is 20.6. The second-order valence-electron chi connectivity index (χ2n) is 6.36. The number of nitrogens with zero attached hydrogens (tertiary/aromatic N) is 2. The van der Waals surface area contributed by atoms with Crippen molar-refractivity contribution in [2.24, 2.45) is 0 Å². The quantitative estimate of drug-likeness (QED) is 0.550. The van der Waals surface area contributed by atoms with Crippen molar-refractivity contribution in [3.05, 3.63) is 83.6 Å². The lowest BCUT2D eigenvalue weighted by Gasteiger charge is -2.23. The molecule has 7 heteroatoms. The number of carbonyl (C=O) groups excluding carboxylic acids is 1. The third kappa shape index (κ3) is 6.48. The fraction of sp³-hybridized carbons (Fsp3) is 0.182. The fourth-order valence-electron chi connectivity index (χ4n) is 2.67. The van der Waals surface area contributed by atoms with Gasteiger partial charge < -0.3 is 20.1 Å². The van der Waals surface area contributed by atoms with E-state index in [0.717, 1.165) is 5.56 Å². The van der Waals surface area contributed by atoms with Crippen LogP contribution in [0.4, 0.5) is 10.5 Å². The molecule has 0 unspecified atom stereocenters. The molecule has 1 aromatic heterocycles. The Kier molecular flexibility index (Phi) is 7.44. The first-order chi connectivity index (χ1) is 14.1. The van der Waals surface area contributed by atoms with Crippen molar-refractivity contribution >= 4 is 23.3 Å². The molecule has 150 valence electrons. The van der Waals surface area contributed by atoms with E-state index in [2.05, 4.69) is 10.3 Å². The maximum absolute atomic E-state index is 12.7. The van der Waals surface area contributed by atoms with E-state index in [1.54, 1.807) is 65.8 Å². The van der Waals surface area contributed by atoms with E-state index < -0.39 is 0 Å². The molecule has 0 aliphatic heterocycles. The maximum Gasteiger partial charge on any atom is 0.322 e. The summed E-state index contributed by atoms with van der Waals surface area (Å²) in [5, 5.41) is 12.7. The Hall–Kier alpha value is -3.09.